The van der Waals surface area contributed by atoms with Crippen LogP contribution in [0.3, 0.4) is 0 Å². The molecular weight excluding hydrogens is 434 g/mol. The van der Waals surface area contributed by atoms with Crippen LogP contribution in [-0.4, -0.2) is 25.8 Å². The smallest absolute Gasteiger partial charge is 0.255 e. The lowest BCUT2D eigenvalue weighted by Gasteiger charge is -2.09. The lowest BCUT2D eigenvalue weighted by molar-refractivity contribution is 0.102. The fourth-order valence-electron chi connectivity index (χ4n) is 3.19. The number of amides is 1. The van der Waals surface area contributed by atoms with Crippen LogP contribution in [0, 0.1) is 0 Å². The number of H-pyrrole nitrogens is 1. The number of hydrogen-bond donors (Lipinski definition) is 2. The predicted octanol–water partition coefficient (Wildman–Crippen LogP) is 5.69. The van der Waals surface area contributed by atoms with Gasteiger partial charge in [0, 0.05) is 17.0 Å². The first kappa shape index (κ1) is 20.7. The molecule has 0 atom stereocenters. The molecule has 8 heteroatoms. The van der Waals surface area contributed by atoms with Crippen LogP contribution in [-0.2, 0) is 5.75 Å². The van der Waals surface area contributed by atoms with E-state index in [1.807, 2.05) is 78.9 Å². The van der Waals surface area contributed by atoms with Crippen molar-refractivity contribution < 1.29 is 9.53 Å². The van der Waals surface area contributed by atoms with Crippen LogP contribution in [0.15, 0.2) is 96.5 Å². The molecule has 3 aromatic carbocycles. The van der Waals surface area contributed by atoms with Crippen molar-refractivity contribution in [3.8, 4) is 11.5 Å². The number of benzene rings is 3. The van der Waals surface area contributed by atoms with E-state index >= 15 is 0 Å². The Morgan fingerprint density at radius 1 is 0.879 bits per heavy atom. The standard InChI is InChI=1S/C25H19N5O2S/c31-24(30-19-10-12-21(13-11-19)32-20-4-2-1-3-5-20)18-8-6-17(7-9-18)14-33-25-22-23(27-15-26-22)28-16-29-25/h1-13,15-16H,14H2,(H,30,31)(H,26,27,28,29). The number of nitrogens with zero attached hydrogens (tertiary/aromatic N) is 3. The SMILES string of the molecule is O=C(Nc1ccc(Oc2ccccc2)cc1)c1ccc(CSc2ncnc3nc[nH]c23)cc1. The van der Waals surface area contributed by atoms with Gasteiger partial charge >= 0.3 is 0 Å². The van der Waals surface area contributed by atoms with Crippen LogP contribution in [0.2, 0.25) is 0 Å². The molecule has 0 spiro atoms. The van der Waals surface area contributed by atoms with E-state index in [1.54, 1.807) is 18.1 Å². The molecule has 0 aliphatic rings. The minimum Gasteiger partial charge on any atom is -0.457 e. The average Bonchev–Trinajstić information content (AvgIpc) is 3.35. The van der Waals surface area contributed by atoms with Gasteiger partial charge in [-0.05, 0) is 54.1 Å². The molecule has 5 aromatic rings. The molecule has 2 heterocycles. The molecule has 0 aliphatic carbocycles. The Hall–Kier alpha value is -4.17. The van der Waals surface area contributed by atoms with Crippen molar-refractivity contribution in [1.82, 2.24) is 19.9 Å². The second-order valence-corrected chi connectivity index (χ2v) is 8.12. The highest BCUT2D eigenvalue weighted by Crippen LogP contribution is 2.26. The number of nitrogens with one attached hydrogen (secondary N) is 2. The summed E-state index contributed by atoms with van der Waals surface area (Å²) < 4.78 is 5.78. The maximum atomic E-state index is 12.6. The highest BCUT2D eigenvalue weighted by atomic mass is 32.2. The topological polar surface area (TPSA) is 92.8 Å². The summed E-state index contributed by atoms with van der Waals surface area (Å²) in [6.07, 6.45) is 3.12. The summed E-state index contributed by atoms with van der Waals surface area (Å²) >= 11 is 1.59. The largest absolute Gasteiger partial charge is 0.457 e. The van der Waals surface area contributed by atoms with E-state index in [4.69, 9.17) is 4.74 Å². The van der Waals surface area contributed by atoms with Gasteiger partial charge in [-0.25, -0.2) is 15.0 Å². The monoisotopic (exact) mass is 453 g/mol. The maximum absolute atomic E-state index is 12.6. The van der Waals surface area contributed by atoms with Crippen molar-refractivity contribution in [3.05, 3.63) is 103 Å². The number of aromatic amines is 1. The molecule has 0 unspecified atom stereocenters. The number of ether oxygens (including phenoxy) is 1. The number of rotatable bonds is 7. The molecule has 33 heavy (non-hydrogen) atoms. The van der Waals surface area contributed by atoms with Crippen molar-refractivity contribution in [1.29, 1.82) is 0 Å². The van der Waals surface area contributed by atoms with E-state index in [2.05, 4.69) is 25.3 Å². The third-order valence-electron chi connectivity index (χ3n) is 4.87. The number of carbonyl (C=O) groups excluding carboxylic acids is 1. The van der Waals surface area contributed by atoms with Crippen LogP contribution in [0.5, 0.6) is 11.5 Å². The summed E-state index contributed by atoms with van der Waals surface area (Å²) in [6, 6.07) is 24.4. The number of para-hydroxylation sites is 1. The Kier molecular flexibility index (Phi) is 5.99. The summed E-state index contributed by atoms with van der Waals surface area (Å²) in [7, 11) is 0. The van der Waals surface area contributed by atoms with Gasteiger partial charge in [0.05, 0.1) is 6.33 Å². The Morgan fingerprint density at radius 3 is 2.42 bits per heavy atom. The van der Waals surface area contributed by atoms with Gasteiger partial charge in [0.15, 0.2) is 5.65 Å². The highest BCUT2D eigenvalue weighted by Gasteiger charge is 2.09. The first-order valence-electron chi connectivity index (χ1n) is 10.2. The zero-order chi connectivity index (χ0) is 22.5. The van der Waals surface area contributed by atoms with Gasteiger partial charge in [-0.1, -0.05) is 42.1 Å². The van der Waals surface area contributed by atoms with E-state index in [-0.39, 0.29) is 5.91 Å². The van der Waals surface area contributed by atoms with Crippen LogP contribution < -0.4 is 10.1 Å². The van der Waals surface area contributed by atoms with Crippen molar-refractivity contribution >= 4 is 34.5 Å². The zero-order valence-corrected chi connectivity index (χ0v) is 18.3. The number of anilines is 1. The number of carbonyl (C=O) groups is 1. The van der Waals surface area contributed by atoms with Gasteiger partial charge < -0.3 is 15.0 Å². The lowest BCUT2D eigenvalue weighted by atomic mass is 10.1. The molecule has 0 aliphatic heterocycles. The Labute approximate surface area is 194 Å². The third kappa shape index (κ3) is 5.02. The Balaban J connectivity index is 1.18. The zero-order valence-electron chi connectivity index (χ0n) is 17.4. The van der Waals surface area contributed by atoms with Crippen LogP contribution in [0.1, 0.15) is 15.9 Å². The molecule has 2 aromatic heterocycles. The molecule has 0 saturated heterocycles. The van der Waals surface area contributed by atoms with Crippen molar-refractivity contribution in [2.45, 2.75) is 10.8 Å². The summed E-state index contributed by atoms with van der Waals surface area (Å²) in [5, 5.41) is 3.76. The lowest BCUT2D eigenvalue weighted by Crippen LogP contribution is -2.11. The molecule has 1 amide bonds. The maximum Gasteiger partial charge on any atom is 0.255 e. The van der Waals surface area contributed by atoms with Gasteiger partial charge in [0.1, 0.15) is 28.4 Å². The summed E-state index contributed by atoms with van der Waals surface area (Å²) in [5.41, 5.74) is 3.86. The fraction of sp³-hybridized carbons (Fsp3) is 0.0400. The minimum atomic E-state index is -0.166. The second-order valence-electron chi connectivity index (χ2n) is 7.16. The molecule has 5 rings (SSSR count). The fourth-order valence-corrected chi connectivity index (χ4v) is 4.10. The summed E-state index contributed by atoms with van der Waals surface area (Å²) in [5.74, 6) is 2.02. The number of thioether (sulfide) groups is 1. The molecule has 0 bridgehead atoms. The number of aromatic nitrogens is 4. The molecule has 0 fully saturated rings. The molecule has 162 valence electrons. The number of imidazole rings is 1. The van der Waals surface area contributed by atoms with E-state index in [0.29, 0.717) is 22.6 Å². The van der Waals surface area contributed by atoms with Crippen LogP contribution >= 0.6 is 11.8 Å². The molecule has 0 radical (unpaired) electrons. The number of hydrogen-bond acceptors (Lipinski definition) is 6. The highest BCUT2D eigenvalue weighted by molar-refractivity contribution is 7.98. The van der Waals surface area contributed by atoms with Gasteiger partial charge in [0.2, 0.25) is 0 Å². The first-order chi connectivity index (χ1) is 16.2. The van der Waals surface area contributed by atoms with E-state index < -0.39 is 0 Å². The van der Waals surface area contributed by atoms with Crippen LogP contribution in [0.4, 0.5) is 5.69 Å². The first-order valence-corrected chi connectivity index (χ1v) is 11.2. The average molecular weight is 454 g/mol. The second kappa shape index (κ2) is 9.54. The van der Waals surface area contributed by atoms with Gasteiger partial charge in [0.25, 0.3) is 5.91 Å². The quantitative estimate of drug-likeness (QED) is 0.243. The Morgan fingerprint density at radius 2 is 1.64 bits per heavy atom. The third-order valence-corrected chi connectivity index (χ3v) is 5.93. The van der Waals surface area contributed by atoms with Crippen molar-refractivity contribution in [2.75, 3.05) is 5.32 Å². The normalized spacial score (nSPS) is 10.8. The Bertz CT molecular complexity index is 1370. The summed E-state index contributed by atoms with van der Waals surface area (Å²) in [4.78, 5) is 28.3. The van der Waals surface area contributed by atoms with Crippen molar-refractivity contribution in [2.24, 2.45) is 0 Å². The van der Waals surface area contributed by atoms with Crippen LogP contribution in [0.25, 0.3) is 11.2 Å². The summed E-state index contributed by atoms with van der Waals surface area (Å²) in [6.45, 7) is 0. The molecule has 7 nitrogen and oxygen atoms in total. The van der Waals surface area contributed by atoms with E-state index in [9.17, 15) is 4.79 Å². The molecular formula is C25H19N5O2S. The van der Waals surface area contributed by atoms with E-state index in [1.165, 1.54) is 6.33 Å². The van der Waals surface area contributed by atoms with Gasteiger partial charge in [-0.15, -0.1) is 0 Å². The van der Waals surface area contributed by atoms with Gasteiger partial charge in [-0.3, -0.25) is 4.79 Å². The molecule has 2 N–H and O–H groups in total. The molecule has 0 saturated carbocycles. The van der Waals surface area contributed by atoms with Crippen molar-refractivity contribution in [3.63, 3.8) is 0 Å². The van der Waals surface area contributed by atoms with E-state index in [0.717, 1.165) is 27.6 Å². The minimum absolute atomic E-state index is 0.166. The van der Waals surface area contributed by atoms with Gasteiger partial charge in [-0.2, -0.15) is 0 Å². The predicted molar refractivity (Wildman–Crippen MR) is 129 cm³/mol. The number of fused-ring (bicyclic) bond motifs is 1.